The smallest absolute Gasteiger partial charge is 0.326 e. The van der Waals surface area contributed by atoms with Crippen molar-refractivity contribution in [1.29, 1.82) is 0 Å². The van der Waals surface area contributed by atoms with Crippen LogP contribution in [-0.2, 0) is 10.0 Å². The zero-order chi connectivity index (χ0) is 24.2. The molecule has 3 saturated carbocycles. The topological polar surface area (TPSA) is 170 Å². The highest BCUT2D eigenvalue weighted by Gasteiger charge is 2.37. The van der Waals surface area contributed by atoms with Crippen LogP contribution in [0.2, 0.25) is 0 Å². The monoisotopic (exact) mass is 500 g/mol. The van der Waals surface area contributed by atoms with Gasteiger partial charge in [-0.2, -0.15) is 9.61 Å². The summed E-state index contributed by atoms with van der Waals surface area (Å²) in [5, 5.41) is 18.3. The Hall–Kier alpha value is -3.19. The molecule has 0 aliphatic heterocycles. The summed E-state index contributed by atoms with van der Waals surface area (Å²) >= 11 is 0. The standard InChI is InChI=1S/C22H28N8O4S/c31-21-17(26-22(32)28-21)9-12-11-23-30-19(25-14-1-2-14)10-18(27-20(12)30)24-13-3-5-15(6-4-13)29-35(33,34)16-7-8-16/h9-11,13-16,24,29,31H,1-8H2,(H2,26,28,32)/b12-9-,25-19?. The van der Waals surface area contributed by atoms with Crippen LogP contribution in [0.4, 0.5) is 5.82 Å². The molecule has 3 heterocycles. The molecule has 3 aromatic rings. The molecule has 12 nitrogen and oxygen atoms in total. The second-order valence-electron chi connectivity index (χ2n) is 9.74. The van der Waals surface area contributed by atoms with Gasteiger partial charge < -0.3 is 15.4 Å². The number of hydrogen-bond donors (Lipinski definition) is 5. The van der Waals surface area contributed by atoms with Gasteiger partial charge in [-0.25, -0.2) is 22.9 Å². The first-order valence-electron chi connectivity index (χ1n) is 12.1. The summed E-state index contributed by atoms with van der Waals surface area (Å²) in [7, 11) is -3.17. The molecule has 0 radical (unpaired) electrons. The minimum Gasteiger partial charge on any atom is -0.493 e. The Morgan fingerprint density at radius 2 is 1.83 bits per heavy atom. The number of imidazole rings is 1. The van der Waals surface area contributed by atoms with Gasteiger partial charge in [0.2, 0.25) is 15.9 Å². The lowest BCUT2D eigenvalue weighted by Gasteiger charge is -2.29. The number of nitrogens with zero attached hydrogens (tertiary/aromatic N) is 4. The molecule has 3 aliphatic carbocycles. The predicted octanol–water partition coefficient (Wildman–Crippen LogP) is -0.133. The summed E-state index contributed by atoms with van der Waals surface area (Å²) in [5.41, 5.74) is 0.997. The number of H-pyrrole nitrogens is 2. The number of nitrogens with one attached hydrogen (secondary N) is 4. The summed E-state index contributed by atoms with van der Waals surface area (Å²) in [6, 6.07) is 2.33. The van der Waals surface area contributed by atoms with Crippen molar-refractivity contribution in [3.63, 3.8) is 0 Å². The van der Waals surface area contributed by atoms with Gasteiger partial charge in [0, 0.05) is 23.4 Å². The average Bonchev–Trinajstić information content (AvgIpc) is 3.73. The predicted molar refractivity (Wildman–Crippen MR) is 128 cm³/mol. The summed E-state index contributed by atoms with van der Waals surface area (Å²) in [6.45, 7) is 0. The second-order valence-corrected chi connectivity index (χ2v) is 11.7. The van der Waals surface area contributed by atoms with E-state index in [1.165, 1.54) is 0 Å². The fourth-order valence-electron chi connectivity index (χ4n) is 4.54. The molecule has 0 bridgehead atoms. The fraction of sp³-hybridized carbons (Fsp3) is 0.545. The van der Waals surface area contributed by atoms with Gasteiger partial charge in [0.1, 0.15) is 11.5 Å². The molecular formula is C22H28N8O4S. The molecular weight excluding hydrogens is 472 g/mol. The summed E-state index contributed by atoms with van der Waals surface area (Å²) in [6.07, 6.45) is 10.1. The Morgan fingerprint density at radius 3 is 2.49 bits per heavy atom. The third-order valence-electron chi connectivity index (χ3n) is 6.75. The Kier molecular flexibility index (Phi) is 5.40. The molecule has 3 aliphatic rings. The van der Waals surface area contributed by atoms with Crippen molar-refractivity contribution in [3.8, 4) is 5.88 Å². The third kappa shape index (κ3) is 4.82. The van der Waals surface area contributed by atoms with Crippen LogP contribution in [0.15, 0.2) is 22.1 Å². The maximum Gasteiger partial charge on any atom is 0.326 e. The molecule has 0 unspecified atom stereocenters. The van der Waals surface area contributed by atoms with E-state index in [-0.39, 0.29) is 34.9 Å². The minimum absolute atomic E-state index is 0.0123. The lowest BCUT2D eigenvalue weighted by atomic mass is 9.92. The molecule has 0 atom stereocenters. The van der Waals surface area contributed by atoms with Gasteiger partial charge in [0.25, 0.3) is 0 Å². The van der Waals surface area contributed by atoms with E-state index in [0.717, 1.165) is 51.4 Å². The highest BCUT2D eigenvalue weighted by atomic mass is 32.2. The molecule has 0 amide bonds. The van der Waals surface area contributed by atoms with Crippen LogP contribution in [0.25, 0.3) is 11.7 Å². The van der Waals surface area contributed by atoms with Gasteiger partial charge in [0.05, 0.1) is 17.5 Å². The van der Waals surface area contributed by atoms with Crippen LogP contribution in [0.3, 0.4) is 0 Å². The van der Waals surface area contributed by atoms with Crippen LogP contribution in [0.1, 0.15) is 57.1 Å². The van der Waals surface area contributed by atoms with Crippen LogP contribution in [-0.4, -0.2) is 61.5 Å². The summed E-state index contributed by atoms with van der Waals surface area (Å²) in [4.78, 5) is 25.9. The third-order valence-corrected chi connectivity index (χ3v) is 8.76. The van der Waals surface area contributed by atoms with Crippen LogP contribution < -0.4 is 26.4 Å². The lowest BCUT2D eigenvalue weighted by Crippen LogP contribution is -2.41. The molecule has 13 heteroatoms. The molecule has 3 aromatic heterocycles. The number of aromatic amines is 2. The average molecular weight is 501 g/mol. The SMILES string of the molecule is O=c1[nH]c(O)c(/C=c2/cnn3c(=NC4CC4)cc(NC4CCC(NS(=O)(=O)C5CC5)CC4)nc23)[nH]1. The number of anilines is 1. The lowest BCUT2D eigenvalue weighted by molar-refractivity contribution is 0.386. The minimum atomic E-state index is -3.17. The molecule has 35 heavy (non-hydrogen) atoms. The first-order chi connectivity index (χ1) is 16.8. The van der Waals surface area contributed by atoms with Crippen molar-refractivity contribution in [2.24, 2.45) is 4.99 Å². The van der Waals surface area contributed by atoms with E-state index in [1.807, 2.05) is 6.07 Å². The van der Waals surface area contributed by atoms with Gasteiger partial charge >= 0.3 is 5.69 Å². The molecule has 3 fully saturated rings. The van der Waals surface area contributed by atoms with Crippen molar-refractivity contribution >= 4 is 27.6 Å². The molecule has 6 rings (SSSR count). The molecule has 5 N–H and O–H groups in total. The fourth-order valence-corrected chi connectivity index (χ4v) is 6.19. The number of hydrogen-bond acceptors (Lipinski definition) is 8. The van der Waals surface area contributed by atoms with Gasteiger partial charge in [-0.1, -0.05) is 0 Å². The summed E-state index contributed by atoms with van der Waals surface area (Å²) < 4.78 is 29.1. The van der Waals surface area contributed by atoms with Crippen LogP contribution in [0, 0.1) is 0 Å². The zero-order valence-corrected chi connectivity index (χ0v) is 19.9. The number of aromatic nitrogens is 5. The molecule has 0 saturated heterocycles. The van der Waals surface area contributed by atoms with Crippen molar-refractivity contribution in [1.82, 2.24) is 29.3 Å². The van der Waals surface area contributed by atoms with Crippen molar-refractivity contribution in [2.75, 3.05) is 5.32 Å². The number of rotatable bonds is 7. The van der Waals surface area contributed by atoms with E-state index in [2.05, 4.69) is 25.1 Å². The Balaban J connectivity index is 1.26. The van der Waals surface area contributed by atoms with E-state index in [4.69, 9.17) is 9.98 Å². The second kappa shape index (κ2) is 8.48. The van der Waals surface area contributed by atoms with Gasteiger partial charge in [-0.3, -0.25) is 9.98 Å². The quantitative estimate of drug-likeness (QED) is 0.301. The normalized spacial score (nSPS) is 24.3. The summed E-state index contributed by atoms with van der Waals surface area (Å²) in [5.74, 6) is 0.418. The number of sulfonamides is 1. The highest BCUT2D eigenvalue weighted by Crippen LogP contribution is 2.29. The molecule has 0 spiro atoms. The Bertz CT molecular complexity index is 1540. The highest BCUT2D eigenvalue weighted by molar-refractivity contribution is 7.90. The van der Waals surface area contributed by atoms with E-state index in [0.29, 0.717) is 22.2 Å². The van der Waals surface area contributed by atoms with Crippen LogP contribution >= 0.6 is 0 Å². The zero-order valence-electron chi connectivity index (χ0n) is 19.1. The largest absolute Gasteiger partial charge is 0.493 e. The Morgan fingerprint density at radius 1 is 1.09 bits per heavy atom. The van der Waals surface area contributed by atoms with Crippen molar-refractivity contribution in [3.05, 3.63) is 39.1 Å². The van der Waals surface area contributed by atoms with Gasteiger partial charge in [0.15, 0.2) is 11.1 Å². The van der Waals surface area contributed by atoms with Crippen LogP contribution in [0.5, 0.6) is 5.88 Å². The maximum absolute atomic E-state index is 12.3. The van der Waals surface area contributed by atoms with E-state index in [1.54, 1.807) is 16.8 Å². The van der Waals surface area contributed by atoms with E-state index >= 15 is 0 Å². The maximum atomic E-state index is 12.3. The number of fused-ring (bicyclic) bond motifs is 1. The van der Waals surface area contributed by atoms with Crippen molar-refractivity contribution in [2.45, 2.75) is 74.7 Å². The Labute approximate surface area is 200 Å². The van der Waals surface area contributed by atoms with E-state index < -0.39 is 15.7 Å². The van der Waals surface area contributed by atoms with Gasteiger partial charge in [-0.15, -0.1) is 0 Å². The van der Waals surface area contributed by atoms with Crippen molar-refractivity contribution < 1.29 is 13.5 Å². The van der Waals surface area contributed by atoms with E-state index in [9.17, 15) is 18.3 Å². The first kappa shape index (κ1) is 22.3. The molecule has 186 valence electrons. The van der Waals surface area contributed by atoms with Gasteiger partial charge in [-0.05, 0) is 57.4 Å². The molecule has 0 aromatic carbocycles. The number of aromatic hydroxyl groups is 1. The first-order valence-corrected chi connectivity index (χ1v) is 13.6.